The van der Waals surface area contributed by atoms with Gasteiger partial charge in [-0.3, -0.25) is 4.79 Å². The molecule has 0 bridgehead atoms. The monoisotopic (exact) mass is 262 g/mol. The Balaban J connectivity index is 2.26. The molecule has 0 atom stereocenters. The van der Waals surface area contributed by atoms with Crippen molar-refractivity contribution in [1.82, 2.24) is 0 Å². The summed E-state index contributed by atoms with van der Waals surface area (Å²) in [4.78, 5) is 12.0. The van der Waals surface area contributed by atoms with Crippen molar-refractivity contribution in [2.75, 3.05) is 17.7 Å². The van der Waals surface area contributed by atoms with Gasteiger partial charge in [-0.05, 0) is 24.3 Å². The van der Waals surface area contributed by atoms with Gasteiger partial charge in [0, 0.05) is 18.8 Å². The molecule has 0 aliphatic carbocycles. The predicted molar refractivity (Wildman–Crippen MR) is 70.3 cm³/mol. The average Bonchev–Trinajstić information content (AvgIpc) is 2.41. The third-order valence-corrected chi connectivity index (χ3v) is 2.62. The van der Waals surface area contributed by atoms with Crippen LogP contribution in [0, 0.1) is 11.6 Å². The van der Waals surface area contributed by atoms with Crippen molar-refractivity contribution >= 4 is 17.3 Å². The van der Waals surface area contributed by atoms with E-state index in [1.54, 1.807) is 31.3 Å². The third-order valence-electron chi connectivity index (χ3n) is 2.62. The predicted octanol–water partition coefficient (Wildman–Crippen LogP) is 3.26. The first-order valence-corrected chi connectivity index (χ1v) is 5.65. The van der Waals surface area contributed by atoms with E-state index in [4.69, 9.17) is 0 Å². The zero-order chi connectivity index (χ0) is 13.8. The van der Waals surface area contributed by atoms with Crippen LogP contribution in [-0.2, 0) is 0 Å². The Labute approximate surface area is 109 Å². The van der Waals surface area contributed by atoms with Gasteiger partial charge in [0.2, 0.25) is 0 Å². The van der Waals surface area contributed by atoms with Gasteiger partial charge in [-0.1, -0.05) is 12.1 Å². The van der Waals surface area contributed by atoms with Crippen molar-refractivity contribution in [3.05, 3.63) is 59.7 Å². The molecule has 0 aromatic heterocycles. The first-order valence-electron chi connectivity index (χ1n) is 5.65. The number of carbonyl (C=O) groups excluding carboxylic acids is 1. The lowest BCUT2D eigenvalue weighted by atomic mass is 10.1. The molecule has 0 unspecified atom stereocenters. The highest BCUT2D eigenvalue weighted by atomic mass is 19.1. The molecule has 0 saturated heterocycles. The fourth-order valence-electron chi connectivity index (χ4n) is 1.68. The number of anilines is 2. The second kappa shape index (κ2) is 5.48. The van der Waals surface area contributed by atoms with E-state index in [-0.39, 0.29) is 5.69 Å². The molecule has 2 aromatic carbocycles. The molecule has 1 amide bonds. The summed E-state index contributed by atoms with van der Waals surface area (Å²) in [6.07, 6.45) is 0. The van der Waals surface area contributed by atoms with E-state index in [1.807, 2.05) is 0 Å². The Kier molecular flexibility index (Phi) is 3.75. The first kappa shape index (κ1) is 13.0. The summed E-state index contributed by atoms with van der Waals surface area (Å²) in [5.41, 5.74) is 0.952. The van der Waals surface area contributed by atoms with E-state index in [9.17, 15) is 13.6 Å². The van der Waals surface area contributed by atoms with E-state index in [0.29, 0.717) is 11.3 Å². The lowest BCUT2D eigenvalue weighted by molar-refractivity contribution is 0.102. The molecule has 0 heterocycles. The zero-order valence-electron chi connectivity index (χ0n) is 10.2. The smallest absolute Gasteiger partial charge is 0.257 e. The van der Waals surface area contributed by atoms with Gasteiger partial charge in [-0.25, -0.2) is 8.78 Å². The van der Waals surface area contributed by atoms with Gasteiger partial charge in [0.15, 0.2) is 0 Å². The van der Waals surface area contributed by atoms with E-state index >= 15 is 0 Å². The van der Waals surface area contributed by atoms with Crippen LogP contribution in [0.4, 0.5) is 20.2 Å². The van der Waals surface area contributed by atoms with E-state index in [0.717, 1.165) is 12.1 Å². The quantitative estimate of drug-likeness (QED) is 0.891. The SMILES string of the molecule is CNc1ccccc1C(=O)Nc1ccc(F)cc1F. The summed E-state index contributed by atoms with van der Waals surface area (Å²) >= 11 is 0. The van der Waals surface area contributed by atoms with Crippen LogP contribution in [-0.4, -0.2) is 13.0 Å². The first-order chi connectivity index (χ1) is 9.11. The van der Waals surface area contributed by atoms with Crippen LogP contribution < -0.4 is 10.6 Å². The minimum atomic E-state index is -0.810. The van der Waals surface area contributed by atoms with Crippen LogP contribution >= 0.6 is 0 Å². The number of hydrogen-bond donors (Lipinski definition) is 2. The summed E-state index contributed by atoms with van der Waals surface area (Å²) in [6, 6.07) is 9.82. The van der Waals surface area contributed by atoms with Gasteiger partial charge in [0.1, 0.15) is 11.6 Å². The molecule has 5 heteroatoms. The number of halogens is 2. The van der Waals surface area contributed by atoms with Crippen molar-refractivity contribution in [3.63, 3.8) is 0 Å². The zero-order valence-corrected chi connectivity index (χ0v) is 10.2. The van der Waals surface area contributed by atoms with Crippen LogP contribution in [0.3, 0.4) is 0 Å². The van der Waals surface area contributed by atoms with Crippen LogP contribution in [0.2, 0.25) is 0 Å². The summed E-state index contributed by atoms with van der Waals surface area (Å²) in [7, 11) is 1.69. The second-order valence-electron chi connectivity index (χ2n) is 3.87. The van der Waals surface area contributed by atoms with Gasteiger partial charge >= 0.3 is 0 Å². The third kappa shape index (κ3) is 2.88. The van der Waals surface area contributed by atoms with E-state index in [1.165, 1.54) is 6.07 Å². The minimum absolute atomic E-state index is 0.0580. The lowest BCUT2D eigenvalue weighted by Crippen LogP contribution is -2.14. The molecule has 2 N–H and O–H groups in total. The molecular weight excluding hydrogens is 250 g/mol. The van der Waals surface area contributed by atoms with Crippen molar-refractivity contribution < 1.29 is 13.6 Å². The van der Waals surface area contributed by atoms with Crippen molar-refractivity contribution in [2.24, 2.45) is 0 Å². The molecule has 19 heavy (non-hydrogen) atoms. The Morgan fingerprint density at radius 2 is 1.79 bits per heavy atom. The average molecular weight is 262 g/mol. The van der Waals surface area contributed by atoms with Crippen molar-refractivity contribution in [3.8, 4) is 0 Å². The number of para-hydroxylation sites is 1. The number of benzene rings is 2. The summed E-state index contributed by atoms with van der Waals surface area (Å²) in [5.74, 6) is -1.96. The maximum Gasteiger partial charge on any atom is 0.257 e. The molecule has 98 valence electrons. The highest BCUT2D eigenvalue weighted by Gasteiger charge is 2.12. The van der Waals surface area contributed by atoms with Crippen LogP contribution in [0.25, 0.3) is 0 Å². The highest BCUT2D eigenvalue weighted by Crippen LogP contribution is 2.19. The molecule has 0 fully saturated rings. The number of carbonyl (C=O) groups is 1. The maximum atomic E-state index is 13.4. The lowest BCUT2D eigenvalue weighted by Gasteiger charge is -2.10. The molecule has 0 radical (unpaired) electrons. The fraction of sp³-hybridized carbons (Fsp3) is 0.0714. The Hall–Kier alpha value is -2.43. The summed E-state index contributed by atoms with van der Waals surface area (Å²) < 4.78 is 26.2. The topological polar surface area (TPSA) is 41.1 Å². The Morgan fingerprint density at radius 1 is 1.05 bits per heavy atom. The van der Waals surface area contributed by atoms with Gasteiger partial charge < -0.3 is 10.6 Å². The molecule has 0 aliphatic heterocycles. The summed E-state index contributed by atoms with van der Waals surface area (Å²) in [6.45, 7) is 0. The normalized spacial score (nSPS) is 10.1. The van der Waals surface area contributed by atoms with Crippen LogP contribution in [0.5, 0.6) is 0 Å². The van der Waals surface area contributed by atoms with Crippen LogP contribution in [0.1, 0.15) is 10.4 Å². The Morgan fingerprint density at radius 3 is 2.47 bits per heavy atom. The van der Waals surface area contributed by atoms with Crippen molar-refractivity contribution in [2.45, 2.75) is 0 Å². The molecule has 0 saturated carbocycles. The molecule has 0 spiro atoms. The largest absolute Gasteiger partial charge is 0.387 e. The molecule has 3 nitrogen and oxygen atoms in total. The van der Waals surface area contributed by atoms with E-state index < -0.39 is 17.5 Å². The fourth-order valence-corrected chi connectivity index (χ4v) is 1.68. The number of hydrogen-bond acceptors (Lipinski definition) is 2. The number of rotatable bonds is 3. The minimum Gasteiger partial charge on any atom is -0.387 e. The standard InChI is InChI=1S/C14H12F2N2O/c1-17-12-5-3-2-4-10(12)14(19)18-13-7-6-9(15)8-11(13)16/h2-8,17H,1H3,(H,18,19). The van der Waals surface area contributed by atoms with E-state index in [2.05, 4.69) is 10.6 Å². The molecule has 0 aliphatic rings. The number of nitrogens with one attached hydrogen (secondary N) is 2. The Bertz CT molecular complexity index is 614. The van der Waals surface area contributed by atoms with Gasteiger partial charge in [-0.15, -0.1) is 0 Å². The molecule has 2 aromatic rings. The number of amides is 1. The summed E-state index contributed by atoms with van der Waals surface area (Å²) in [5, 5.41) is 5.28. The maximum absolute atomic E-state index is 13.4. The van der Waals surface area contributed by atoms with Gasteiger partial charge in [0.25, 0.3) is 5.91 Å². The molecule has 2 rings (SSSR count). The molecular formula is C14H12F2N2O. The van der Waals surface area contributed by atoms with Gasteiger partial charge in [-0.2, -0.15) is 0 Å². The van der Waals surface area contributed by atoms with Gasteiger partial charge in [0.05, 0.1) is 11.3 Å². The van der Waals surface area contributed by atoms with Crippen molar-refractivity contribution in [1.29, 1.82) is 0 Å². The second-order valence-corrected chi connectivity index (χ2v) is 3.87. The highest BCUT2D eigenvalue weighted by molar-refractivity contribution is 6.08. The van der Waals surface area contributed by atoms with Crippen LogP contribution in [0.15, 0.2) is 42.5 Å².